The highest BCUT2D eigenvalue weighted by molar-refractivity contribution is 5.81. The number of phenols is 4. The van der Waals surface area contributed by atoms with Gasteiger partial charge in [0.2, 0.25) is 0 Å². The number of carboxylic acid groups (broad SMARTS) is 3. The molecule has 0 spiro atoms. The van der Waals surface area contributed by atoms with Crippen molar-refractivity contribution in [2.45, 2.75) is 46.5 Å². The lowest BCUT2D eigenvalue weighted by Gasteiger charge is -2.15. The minimum Gasteiger partial charge on any atom is -0.508 e. The first-order valence-corrected chi connectivity index (χ1v) is 13.4. The van der Waals surface area contributed by atoms with Gasteiger partial charge in [-0.05, 0) is 96.5 Å². The molecular weight excluding hydrogens is 568 g/mol. The molecule has 0 aromatic heterocycles. The highest BCUT2D eigenvalue weighted by Gasteiger charge is 2.24. The lowest BCUT2D eigenvalue weighted by molar-refractivity contribution is -0.138. The average molecular weight is 605 g/mol. The molecule has 232 valence electrons. The maximum absolute atomic E-state index is 11.6. The van der Waals surface area contributed by atoms with Crippen molar-refractivity contribution in [3.8, 4) is 23.0 Å². The van der Waals surface area contributed by atoms with Crippen molar-refractivity contribution in [1.82, 2.24) is 0 Å². The summed E-state index contributed by atoms with van der Waals surface area (Å²) in [6, 6.07) is 19.0. The molecule has 0 aliphatic carbocycles. The van der Waals surface area contributed by atoms with E-state index in [0.29, 0.717) is 44.5 Å². The zero-order valence-corrected chi connectivity index (χ0v) is 24.9. The number of carbonyl (C=O) groups is 3. The van der Waals surface area contributed by atoms with E-state index in [1.807, 2.05) is 0 Å². The molecule has 0 aliphatic heterocycles. The van der Waals surface area contributed by atoms with Crippen LogP contribution in [0.5, 0.6) is 23.0 Å². The summed E-state index contributed by atoms with van der Waals surface area (Å²) in [5.74, 6) is -3.87. The van der Waals surface area contributed by atoms with Gasteiger partial charge in [-0.1, -0.05) is 48.5 Å². The Kier molecular flexibility index (Phi) is 11.9. The van der Waals surface area contributed by atoms with E-state index < -0.39 is 29.7 Å². The van der Waals surface area contributed by atoms with E-state index in [0.717, 1.165) is 6.92 Å². The minimum absolute atomic E-state index is 0.139. The van der Waals surface area contributed by atoms with Gasteiger partial charge in [0.25, 0.3) is 5.97 Å². The Balaban J connectivity index is 0.000000274. The molecule has 10 nitrogen and oxygen atoms in total. The Bertz CT molecular complexity index is 1430. The molecule has 0 amide bonds. The maximum Gasteiger partial charge on any atom is 0.315 e. The Morgan fingerprint density at radius 1 is 0.455 bits per heavy atom. The zero-order chi connectivity index (χ0) is 33.3. The summed E-state index contributed by atoms with van der Waals surface area (Å²) < 4.78 is 0. The van der Waals surface area contributed by atoms with Crippen LogP contribution in [0.1, 0.15) is 63.3 Å². The number of aliphatic carboxylic acids is 3. The van der Waals surface area contributed by atoms with Crippen molar-refractivity contribution in [3.05, 3.63) is 117 Å². The van der Waals surface area contributed by atoms with Gasteiger partial charge in [0.05, 0.1) is 0 Å². The second-order valence-corrected chi connectivity index (χ2v) is 10.2. The molecule has 0 atom stereocenters. The average Bonchev–Trinajstić information content (AvgIpc) is 2.92. The summed E-state index contributed by atoms with van der Waals surface area (Å²) >= 11 is 0. The SMILES string of the molecule is CC(=O)O.Cc1cc(C(C(=O)O)c2ccc(O)c(C)c2)ccc1O.Cc1cc(C(C(=O)O)c2ccc(O)c(C)c2)ccc1O. The summed E-state index contributed by atoms with van der Waals surface area (Å²) in [5.41, 5.74) is 4.90. The molecule has 4 aromatic rings. The van der Waals surface area contributed by atoms with Crippen LogP contribution in [0.3, 0.4) is 0 Å². The molecule has 0 fully saturated rings. The van der Waals surface area contributed by atoms with Gasteiger partial charge in [-0.25, -0.2) is 0 Å². The summed E-state index contributed by atoms with van der Waals surface area (Å²) in [6.07, 6.45) is 0. The molecule has 0 bridgehead atoms. The fourth-order valence-electron chi connectivity index (χ4n) is 4.39. The predicted molar refractivity (Wildman–Crippen MR) is 164 cm³/mol. The largest absolute Gasteiger partial charge is 0.508 e. The number of phenolic OH excluding ortho intramolecular Hbond substituents is 4. The number of aryl methyl sites for hydroxylation is 4. The fourth-order valence-corrected chi connectivity index (χ4v) is 4.39. The molecule has 0 heterocycles. The monoisotopic (exact) mass is 604 g/mol. The minimum atomic E-state index is -0.972. The number of carboxylic acids is 3. The first kappa shape index (κ1) is 34.7. The van der Waals surface area contributed by atoms with Gasteiger partial charge in [-0.2, -0.15) is 0 Å². The van der Waals surface area contributed by atoms with Crippen molar-refractivity contribution in [2.75, 3.05) is 0 Å². The first-order chi connectivity index (χ1) is 20.5. The molecule has 0 saturated heterocycles. The molecule has 44 heavy (non-hydrogen) atoms. The summed E-state index contributed by atoms with van der Waals surface area (Å²) in [4.78, 5) is 32.1. The molecule has 4 rings (SSSR count). The highest BCUT2D eigenvalue weighted by Crippen LogP contribution is 2.32. The second-order valence-electron chi connectivity index (χ2n) is 10.2. The van der Waals surface area contributed by atoms with Crippen LogP contribution < -0.4 is 0 Å². The molecule has 0 radical (unpaired) electrons. The van der Waals surface area contributed by atoms with Crippen LogP contribution in [0.2, 0.25) is 0 Å². The summed E-state index contributed by atoms with van der Waals surface area (Å²) in [7, 11) is 0. The number of rotatable bonds is 6. The van der Waals surface area contributed by atoms with Crippen molar-refractivity contribution in [1.29, 1.82) is 0 Å². The Hall–Kier alpha value is -5.51. The summed E-state index contributed by atoms with van der Waals surface area (Å²) in [6.45, 7) is 7.97. The third-order valence-electron chi connectivity index (χ3n) is 6.71. The zero-order valence-electron chi connectivity index (χ0n) is 24.9. The lowest BCUT2D eigenvalue weighted by atomic mass is 9.89. The van der Waals surface area contributed by atoms with Crippen LogP contribution in [-0.4, -0.2) is 53.7 Å². The third-order valence-corrected chi connectivity index (χ3v) is 6.71. The van der Waals surface area contributed by atoms with E-state index >= 15 is 0 Å². The Morgan fingerprint density at radius 2 is 0.636 bits per heavy atom. The van der Waals surface area contributed by atoms with Gasteiger partial charge in [0, 0.05) is 6.92 Å². The molecule has 7 N–H and O–H groups in total. The van der Waals surface area contributed by atoms with Gasteiger partial charge < -0.3 is 35.7 Å². The molecule has 10 heteroatoms. The van der Waals surface area contributed by atoms with Gasteiger partial charge in [0.1, 0.15) is 34.8 Å². The summed E-state index contributed by atoms with van der Waals surface area (Å²) in [5, 5.41) is 64.5. The molecule has 0 unspecified atom stereocenters. The van der Waals surface area contributed by atoms with E-state index in [-0.39, 0.29) is 23.0 Å². The van der Waals surface area contributed by atoms with E-state index in [2.05, 4.69) is 0 Å². The Labute approximate surface area is 254 Å². The van der Waals surface area contributed by atoms with E-state index in [4.69, 9.17) is 9.90 Å². The number of aromatic hydroxyl groups is 4. The smallest absolute Gasteiger partial charge is 0.315 e. The van der Waals surface area contributed by atoms with E-state index in [1.54, 1.807) is 76.2 Å². The number of hydrogen-bond donors (Lipinski definition) is 7. The predicted octanol–water partition coefficient (Wildman–Crippen LogP) is 5.95. The van der Waals surface area contributed by atoms with Gasteiger partial charge in [-0.3, -0.25) is 14.4 Å². The van der Waals surface area contributed by atoms with E-state index in [9.17, 15) is 40.2 Å². The van der Waals surface area contributed by atoms with Crippen LogP contribution in [0, 0.1) is 27.7 Å². The lowest BCUT2D eigenvalue weighted by Crippen LogP contribution is -2.13. The number of hydrogen-bond acceptors (Lipinski definition) is 7. The van der Waals surface area contributed by atoms with Crippen LogP contribution in [-0.2, 0) is 14.4 Å². The van der Waals surface area contributed by atoms with Crippen LogP contribution in [0.25, 0.3) is 0 Å². The van der Waals surface area contributed by atoms with Crippen LogP contribution >= 0.6 is 0 Å². The highest BCUT2D eigenvalue weighted by atomic mass is 16.4. The van der Waals surface area contributed by atoms with Crippen molar-refractivity contribution < 1.29 is 50.1 Å². The molecular formula is C34H36O10. The third kappa shape index (κ3) is 9.25. The molecule has 0 aliphatic rings. The van der Waals surface area contributed by atoms with Crippen LogP contribution in [0.15, 0.2) is 72.8 Å². The van der Waals surface area contributed by atoms with Gasteiger partial charge >= 0.3 is 11.9 Å². The van der Waals surface area contributed by atoms with Crippen LogP contribution in [0.4, 0.5) is 0 Å². The van der Waals surface area contributed by atoms with Crippen molar-refractivity contribution in [3.63, 3.8) is 0 Å². The molecule has 4 aromatic carbocycles. The maximum atomic E-state index is 11.6. The number of benzene rings is 4. The van der Waals surface area contributed by atoms with E-state index in [1.165, 1.54) is 24.3 Å². The second kappa shape index (κ2) is 15.1. The normalized spacial score (nSPS) is 10.3. The Morgan fingerprint density at radius 3 is 0.773 bits per heavy atom. The van der Waals surface area contributed by atoms with Crippen molar-refractivity contribution in [2.24, 2.45) is 0 Å². The van der Waals surface area contributed by atoms with Gasteiger partial charge in [0.15, 0.2) is 0 Å². The molecule has 0 saturated carbocycles. The topological polar surface area (TPSA) is 193 Å². The fraction of sp³-hybridized carbons (Fsp3) is 0.206. The van der Waals surface area contributed by atoms with Crippen molar-refractivity contribution >= 4 is 17.9 Å². The first-order valence-electron chi connectivity index (χ1n) is 13.4. The standard InChI is InChI=1S/2C16H16O4.C2H4O2/c2*1-9-7-11(3-5-13(9)17)15(16(19)20)12-4-6-14(18)10(2)8-12;1-2(3)4/h2*3-8,15,17-18H,1-2H3,(H,19,20);1H3,(H,3,4). The van der Waals surface area contributed by atoms with Gasteiger partial charge in [-0.15, -0.1) is 0 Å². The quantitative estimate of drug-likeness (QED) is 0.138.